The van der Waals surface area contributed by atoms with Crippen molar-refractivity contribution in [2.24, 2.45) is 4.99 Å². The third kappa shape index (κ3) is 3.25. The first-order valence-electron chi connectivity index (χ1n) is 5.80. The topological polar surface area (TPSA) is 12.4 Å². The lowest BCUT2D eigenvalue weighted by molar-refractivity contribution is 1.47. The van der Waals surface area contributed by atoms with E-state index in [0.717, 1.165) is 16.5 Å². The highest BCUT2D eigenvalue weighted by Crippen LogP contribution is 2.25. The molecule has 0 aromatic heterocycles. The Kier molecular flexibility index (Phi) is 4.41. The van der Waals surface area contributed by atoms with Gasteiger partial charge in [0.1, 0.15) is 5.17 Å². The van der Waals surface area contributed by atoms with E-state index in [2.05, 4.69) is 35.8 Å². The van der Waals surface area contributed by atoms with Gasteiger partial charge in [0.15, 0.2) is 0 Å². The maximum absolute atomic E-state index is 6.14. The van der Waals surface area contributed by atoms with Gasteiger partial charge in [-0.1, -0.05) is 66.2 Å². The summed E-state index contributed by atoms with van der Waals surface area (Å²) in [6, 6.07) is 14.3. The van der Waals surface area contributed by atoms with E-state index >= 15 is 0 Å². The van der Waals surface area contributed by atoms with Crippen molar-refractivity contribution >= 4 is 44.7 Å². The summed E-state index contributed by atoms with van der Waals surface area (Å²) in [4.78, 5) is 4.01. The van der Waals surface area contributed by atoms with Crippen molar-refractivity contribution in [1.82, 2.24) is 0 Å². The fraction of sp³-hybridized carbons (Fsp3) is 0.0625. The van der Waals surface area contributed by atoms with Crippen molar-refractivity contribution in [2.75, 3.05) is 7.05 Å². The molecule has 3 heteroatoms. The molecule has 0 aliphatic heterocycles. The van der Waals surface area contributed by atoms with E-state index < -0.39 is 0 Å². The van der Waals surface area contributed by atoms with Gasteiger partial charge in [-0.25, -0.2) is 0 Å². The molecular weight excluding hydrogens is 277 g/mol. The van der Waals surface area contributed by atoms with Crippen LogP contribution in [0.5, 0.6) is 0 Å². The fourth-order valence-electron chi connectivity index (χ4n) is 1.90. The predicted molar refractivity (Wildman–Crippen MR) is 86.1 cm³/mol. The van der Waals surface area contributed by atoms with Gasteiger partial charge in [-0.2, -0.15) is 0 Å². The Labute approximate surface area is 122 Å². The van der Waals surface area contributed by atoms with Gasteiger partial charge >= 0.3 is 0 Å². The lowest BCUT2D eigenvalue weighted by atomic mass is 10.0. The zero-order chi connectivity index (χ0) is 13.8. The molecule has 0 atom stereocenters. The minimum Gasteiger partial charge on any atom is -0.276 e. The molecule has 0 fully saturated rings. The highest BCUT2D eigenvalue weighted by molar-refractivity contribution is 6.76. The van der Waals surface area contributed by atoms with Crippen molar-refractivity contribution in [2.45, 2.75) is 0 Å². The Hall–Kier alpha value is -1.57. The lowest BCUT2D eigenvalue weighted by Crippen LogP contribution is -1.94. The first kappa shape index (κ1) is 13.9. The second-order valence-corrected chi connectivity index (χ2v) is 4.92. The maximum atomic E-state index is 6.14. The molecule has 0 N–H and O–H groups in total. The van der Waals surface area contributed by atoms with E-state index in [1.54, 1.807) is 13.1 Å². The van der Waals surface area contributed by atoms with Crippen LogP contribution in [-0.4, -0.2) is 12.2 Å². The van der Waals surface area contributed by atoms with Gasteiger partial charge in [0, 0.05) is 17.7 Å². The molecular formula is C16H13Cl2N. The number of benzene rings is 2. The molecule has 2 aromatic rings. The molecule has 0 aliphatic carbocycles. The summed E-state index contributed by atoms with van der Waals surface area (Å²) in [6.07, 6.45) is 1.72. The van der Waals surface area contributed by atoms with Gasteiger partial charge in [0.2, 0.25) is 0 Å². The van der Waals surface area contributed by atoms with Gasteiger partial charge in [-0.15, -0.1) is 0 Å². The van der Waals surface area contributed by atoms with Gasteiger partial charge in [0.25, 0.3) is 0 Å². The smallest absolute Gasteiger partial charge is 0.131 e. The molecule has 0 aliphatic rings. The fourth-order valence-corrected chi connectivity index (χ4v) is 2.17. The minimum atomic E-state index is 0.414. The molecule has 2 rings (SSSR count). The molecule has 1 nitrogen and oxygen atoms in total. The number of halogens is 2. The van der Waals surface area contributed by atoms with Crippen molar-refractivity contribution in [3.05, 3.63) is 65.7 Å². The molecule has 2 aromatic carbocycles. The minimum absolute atomic E-state index is 0.414. The van der Waals surface area contributed by atoms with Crippen LogP contribution in [-0.2, 0) is 0 Å². The van der Waals surface area contributed by atoms with E-state index in [9.17, 15) is 0 Å². The standard InChI is InChI=1S/C16H13Cl2N/c1-11(17)9-15(16(18)19-2)14-8-7-12-5-3-4-6-13(12)10-14/h3-10H,1H2,2H3/b15-9-,19-16?. The highest BCUT2D eigenvalue weighted by atomic mass is 35.5. The number of rotatable bonds is 3. The zero-order valence-corrected chi connectivity index (χ0v) is 12.0. The number of aliphatic imine (C=N–C) groups is 1. The number of hydrogen-bond acceptors (Lipinski definition) is 1. The molecule has 0 amide bonds. The summed E-state index contributed by atoms with van der Waals surface area (Å²) in [5.74, 6) is 0. The van der Waals surface area contributed by atoms with Crippen LogP contribution in [0.2, 0.25) is 0 Å². The molecule has 0 saturated heterocycles. The van der Waals surface area contributed by atoms with Crippen LogP contribution in [0.3, 0.4) is 0 Å². The van der Waals surface area contributed by atoms with Crippen LogP contribution in [0.4, 0.5) is 0 Å². The van der Waals surface area contributed by atoms with E-state index in [1.807, 2.05) is 18.2 Å². The number of allylic oxidation sites excluding steroid dienone is 3. The second kappa shape index (κ2) is 6.05. The van der Waals surface area contributed by atoms with Crippen LogP contribution in [0.1, 0.15) is 5.56 Å². The summed E-state index contributed by atoms with van der Waals surface area (Å²) in [7, 11) is 1.65. The van der Waals surface area contributed by atoms with Crippen molar-refractivity contribution in [3.63, 3.8) is 0 Å². The van der Waals surface area contributed by atoms with E-state index in [1.165, 1.54) is 5.39 Å². The van der Waals surface area contributed by atoms with Crippen LogP contribution in [0.15, 0.2) is 65.1 Å². The number of hydrogen-bond donors (Lipinski definition) is 0. The summed E-state index contributed by atoms with van der Waals surface area (Å²) in [5.41, 5.74) is 1.74. The van der Waals surface area contributed by atoms with Gasteiger partial charge in [-0.05, 0) is 28.5 Å². The van der Waals surface area contributed by atoms with E-state index in [-0.39, 0.29) is 0 Å². The Morgan fingerprint density at radius 3 is 2.42 bits per heavy atom. The first-order chi connectivity index (χ1) is 9.11. The quantitative estimate of drug-likeness (QED) is 0.541. The van der Waals surface area contributed by atoms with Gasteiger partial charge in [-0.3, -0.25) is 4.99 Å². The molecule has 0 radical (unpaired) electrons. The molecule has 0 unspecified atom stereocenters. The highest BCUT2D eigenvalue weighted by Gasteiger charge is 2.08. The molecule has 0 bridgehead atoms. The Morgan fingerprint density at radius 1 is 1.11 bits per heavy atom. The van der Waals surface area contributed by atoms with Gasteiger partial charge < -0.3 is 0 Å². The van der Waals surface area contributed by atoms with Crippen molar-refractivity contribution < 1.29 is 0 Å². The SMILES string of the molecule is C=C(Cl)/C=C(\C(Cl)=NC)c1ccc2ccccc2c1. The number of fused-ring (bicyclic) bond motifs is 1. The Balaban J connectivity index is 2.60. The summed E-state index contributed by atoms with van der Waals surface area (Å²) < 4.78 is 0. The van der Waals surface area contributed by atoms with Crippen molar-refractivity contribution in [1.29, 1.82) is 0 Å². The van der Waals surface area contributed by atoms with E-state index in [0.29, 0.717) is 10.2 Å². The third-order valence-electron chi connectivity index (χ3n) is 2.78. The van der Waals surface area contributed by atoms with Gasteiger partial charge in [0.05, 0.1) is 0 Å². The summed E-state index contributed by atoms with van der Waals surface area (Å²) in [5, 5.41) is 3.16. The van der Waals surface area contributed by atoms with E-state index in [4.69, 9.17) is 23.2 Å². The maximum Gasteiger partial charge on any atom is 0.131 e. The third-order valence-corrected chi connectivity index (χ3v) is 3.26. The largest absolute Gasteiger partial charge is 0.276 e. The lowest BCUT2D eigenvalue weighted by Gasteiger charge is -2.07. The van der Waals surface area contributed by atoms with Crippen LogP contribution >= 0.6 is 23.2 Å². The summed E-state index contributed by atoms with van der Waals surface area (Å²) in [6.45, 7) is 3.67. The predicted octanol–water partition coefficient (Wildman–Crippen LogP) is 5.24. The average molecular weight is 290 g/mol. The number of nitrogens with zero attached hydrogens (tertiary/aromatic N) is 1. The Bertz CT molecular complexity index is 684. The second-order valence-electron chi connectivity index (χ2n) is 4.08. The van der Waals surface area contributed by atoms with Crippen LogP contribution in [0.25, 0.3) is 16.3 Å². The average Bonchev–Trinajstić information content (AvgIpc) is 2.43. The first-order valence-corrected chi connectivity index (χ1v) is 6.55. The van der Waals surface area contributed by atoms with Crippen molar-refractivity contribution in [3.8, 4) is 0 Å². The monoisotopic (exact) mass is 289 g/mol. The molecule has 96 valence electrons. The Morgan fingerprint density at radius 2 is 1.79 bits per heavy atom. The molecule has 0 saturated carbocycles. The summed E-state index contributed by atoms with van der Waals surface area (Å²) >= 11 is 12.0. The van der Waals surface area contributed by atoms with Crippen LogP contribution < -0.4 is 0 Å². The zero-order valence-electron chi connectivity index (χ0n) is 10.5. The van der Waals surface area contributed by atoms with Crippen LogP contribution in [0, 0.1) is 0 Å². The molecule has 0 spiro atoms. The molecule has 0 heterocycles. The normalized spacial score (nSPS) is 12.8. The molecule has 19 heavy (non-hydrogen) atoms.